The highest BCUT2D eigenvalue weighted by Crippen LogP contribution is 2.13. The lowest BCUT2D eigenvalue weighted by Crippen LogP contribution is -2.10. The van der Waals surface area contributed by atoms with Crippen LogP contribution in [0.3, 0.4) is 0 Å². The second kappa shape index (κ2) is 5.31. The van der Waals surface area contributed by atoms with Gasteiger partial charge in [0.25, 0.3) is 0 Å². The van der Waals surface area contributed by atoms with E-state index in [-0.39, 0.29) is 5.84 Å². The number of nitrogens with one attached hydrogen (secondary N) is 1. The maximum absolute atomic E-state index is 7.29. The quantitative estimate of drug-likeness (QED) is 0.637. The molecule has 18 heavy (non-hydrogen) atoms. The lowest BCUT2D eigenvalue weighted by atomic mass is 10.2. The van der Waals surface area contributed by atoms with Crippen LogP contribution in [0.5, 0.6) is 5.75 Å². The summed E-state index contributed by atoms with van der Waals surface area (Å²) in [5.74, 6) is 0.796. The van der Waals surface area contributed by atoms with Crippen molar-refractivity contribution in [3.8, 4) is 5.75 Å². The van der Waals surface area contributed by atoms with Crippen LogP contribution in [-0.2, 0) is 6.61 Å². The van der Waals surface area contributed by atoms with Crippen LogP contribution in [-0.4, -0.2) is 10.8 Å². The largest absolute Gasteiger partial charge is 0.487 e. The van der Waals surface area contributed by atoms with Crippen LogP contribution in [0.2, 0.25) is 0 Å². The highest BCUT2D eigenvalue weighted by atomic mass is 16.5. The Kier molecular flexibility index (Phi) is 3.57. The van der Waals surface area contributed by atoms with E-state index in [1.54, 1.807) is 24.3 Å². The van der Waals surface area contributed by atoms with E-state index < -0.39 is 0 Å². The average Bonchev–Trinajstić information content (AvgIpc) is 2.37. The SMILES string of the molecule is Cc1cccc(COc2ccc(C(=N)N)cc2)n1. The summed E-state index contributed by atoms with van der Waals surface area (Å²) in [4.78, 5) is 4.35. The summed E-state index contributed by atoms with van der Waals surface area (Å²) in [7, 11) is 0. The second-order valence-corrected chi connectivity index (χ2v) is 4.00. The lowest BCUT2D eigenvalue weighted by Gasteiger charge is -2.07. The molecule has 0 radical (unpaired) electrons. The van der Waals surface area contributed by atoms with Crippen LogP contribution in [0.15, 0.2) is 42.5 Å². The van der Waals surface area contributed by atoms with Gasteiger partial charge in [-0.05, 0) is 43.3 Å². The Bertz CT molecular complexity index is 549. The molecule has 0 spiro atoms. The van der Waals surface area contributed by atoms with E-state index in [9.17, 15) is 0 Å². The van der Waals surface area contributed by atoms with E-state index in [0.717, 1.165) is 17.1 Å². The molecule has 0 bridgehead atoms. The van der Waals surface area contributed by atoms with E-state index >= 15 is 0 Å². The Morgan fingerprint density at radius 1 is 1.22 bits per heavy atom. The fraction of sp³-hybridized carbons (Fsp3) is 0.143. The Labute approximate surface area is 106 Å². The molecule has 2 rings (SSSR count). The zero-order valence-corrected chi connectivity index (χ0v) is 10.2. The molecule has 0 unspecified atom stereocenters. The molecule has 4 nitrogen and oxygen atoms in total. The smallest absolute Gasteiger partial charge is 0.130 e. The summed E-state index contributed by atoms with van der Waals surface area (Å²) in [5.41, 5.74) is 7.94. The zero-order valence-electron chi connectivity index (χ0n) is 10.2. The molecule has 92 valence electrons. The van der Waals surface area contributed by atoms with Gasteiger partial charge in [-0.3, -0.25) is 10.4 Å². The summed E-state index contributed by atoms with van der Waals surface area (Å²) in [6.07, 6.45) is 0. The molecule has 3 N–H and O–H groups in total. The van der Waals surface area contributed by atoms with E-state index in [1.807, 2.05) is 25.1 Å². The van der Waals surface area contributed by atoms with Gasteiger partial charge in [-0.2, -0.15) is 0 Å². The fourth-order valence-electron chi connectivity index (χ4n) is 1.57. The summed E-state index contributed by atoms with van der Waals surface area (Å²) < 4.78 is 5.61. The Morgan fingerprint density at radius 3 is 2.56 bits per heavy atom. The Hall–Kier alpha value is -2.36. The summed E-state index contributed by atoms with van der Waals surface area (Å²) >= 11 is 0. The summed E-state index contributed by atoms with van der Waals surface area (Å²) in [6.45, 7) is 2.38. The maximum Gasteiger partial charge on any atom is 0.130 e. The number of hydrogen-bond donors (Lipinski definition) is 2. The molecular weight excluding hydrogens is 226 g/mol. The second-order valence-electron chi connectivity index (χ2n) is 4.00. The molecule has 2 aromatic rings. The number of aryl methyl sites for hydroxylation is 1. The van der Waals surface area contributed by atoms with Crippen LogP contribution in [0, 0.1) is 12.3 Å². The molecule has 0 fully saturated rings. The number of ether oxygens (including phenoxy) is 1. The number of nitrogen functional groups attached to an aromatic ring is 1. The van der Waals surface area contributed by atoms with Crippen LogP contribution in [0.1, 0.15) is 17.0 Å². The van der Waals surface area contributed by atoms with Crippen molar-refractivity contribution in [3.05, 3.63) is 59.4 Å². The third-order valence-corrected chi connectivity index (χ3v) is 2.50. The zero-order chi connectivity index (χ0) is 13.0. The van der Waals surface area contributed by atoms with E-state index in [1.165, 1.54) is 0 Å². The molecule has 4 heteroatoms. The molecule has 1 aromatic carbocycles. The summed E-state index contributed by atoms with van der Waals surface area (Å²) in [6, 6.07) is 13.0. The van der Waals surface area contributed by atoms with Gasteiger partial charge in [0.2, 0.25) is 0 Å². The number of rotatable bonds is 4. The van der Waals surface area contributed by atoms with Crippen LogP contribution in [0.4, 0.5) is 0 Å². The third-order valence-electron chi connectivity index (χ3n) is 2.50. The van der Waals surface area contributed by atoms with Crippen molar-refractivity contribution in [2.45, 2.75) is 13.5 Å². The number of hydrogen-bond acceptors (Lipinski definition) is 3. The van der Waals surface area contributed by atoms with Crippen LogP contribution >= 0.6 is 0 Å². The van der Waals surface area contributed by atoms with Gasteiger partial charge in [-0.1, -0.05) is 6.07 Å². The first-order valence-electron chi connectivity index (χ1n) is 5.65. The Balaban J connectivity index is 2.00. The van der Waals surface area contributed by atoms with Crippen LogP contribution in [0.25, 0.3) is 0 Å². The van der Waals surface area contributed by atoms with Gasteiger partial charge in [0, 0.05) is 11.3 Å². The van der Waals surface area contributed by atoms with Crippen molar-refractivity contribution in [2.75, 3.05) is 0 Å². The highest BCUT2D eigenvalue weighted by Gasteiger charge is 1.99. The molecule has 1 heterocycles. The number of aromatic nitrogens is 1. The minimum atomic E-state index is 0.0573. The van der Waals surface area contributed by atoms with Crippen molar-refractivity contribution in [3.63, 3.8) is 0 Å². The third kappa shape index (κ3) is 3.07. The predicted octanol–water partition coefficient (Wildman–Crippen LogP) is 2.25. The van der Waals surface area contributed by atoms with Crippen molar-refractivity contribution in [1.29, 1.82) is 5.41 Å². The van der Waals surface area contributed by atoms with Gasteiger partial charge < -0.3 is 10.5 Å². The van der Waals surface area contributed by atoms with Gasteiger partial charge in [-0.15, -0.1) is 0 Å². The number of nitrogens with two attached hydrogens (primary N) is 1. The molecular formula is C14H15N3O. The van der Waals surface area contributed by atoms with E-state index in [0.29, 0.717) is 12.2 Å². The number of pyridine rings is 1. The first-order valence-corrected chi connectivity index (χ1v) is 5.65. The molecule has 1 aromatic heterocycles. The monoisotopic (exact) mass is 241 g/mol. The van der Waals surface area contributed by atoms with Gasteiger partial charge in [-0.25, -0.2) is 0 Å². The van der Waals surface area contributed by atoms with Gasteiger partial charge in [0.1, 0.15) is 18.2 Å². The minimum absolute atomic E-state index is 0.0573. The number of nitrogens with zero attached hydrogens (tertiary/aromatic N) is 1. The first kappa shape index (κ1) is 12.1. The molecule has 0 saturated heterocycles. The molecule has 0 saturated carbocycles. The normalized spacial score (nSPS) is 10.1. The molecule has 0 aliphatic heterocycles. The van der Waals surface area contributed by atoms with Gasteiger partial charge >= 0.3 is 0 Å². The average molecular weight is 241 g/mol. The maximum atomic E-state index is 7.29. The van der Waals surface area contributed by atoms with Gasteiger partial charge in [0.05, 0.1) is 5.69 Å². The fourth-order valence-corrected chi connectivity index (χ4v) is 1.57. The summed E-state index contributed by atoms with van der Waals surface area (Å²) in [5, 5.41) is 7.29. The highest BCUT2D eigenvalue weighted by molar-refractivity contribution is 5.94. The molecule has 0 aliphatic rings. The topological polar surface area (TPSA) is 72.0 Å². The molecule has 0 aliphatic carbocycles. The van der Waals surface area contributed by atoms with Crippen molar-refractivity contribution in [1.82, 2.24) is 4.98 Å². The standard InChI is InChI=1S/C14H15N3O/c1-10-3-2-4-12(17-10)9-18-13-7-5-11(6-8-13)14(15)16/h2-8H,9H2,1H3,(H3,15,16). The number of amidine groups is 1. The lowest BCUT2D eigenvalue weighted by molar-refractivity contribution is 0.301. The van der Waals surface area contributed by atoms with Gasteiger partial charge in [0.15, 0.2) is 0 Å². The van der Waals surface area contributed by atoms with E-state index in [2.05, 4.69) is 4.98 Å². The van der Waals surface area contributed by atoms with Crippen molar-refractivity contribution >= 4 is 5.84 Å². The Morgan fingerprint density at radius 2 is 1.94 bits per heavy atom. The van der Waals surface area contributed by atoms with E-state index in [4.69, 9.17) is 15.9 Å². The van der Waals surface area contributed by atoms with Crippen molar-refractivity contribution < 1.29 is 4.74 Å². The minimum Gasteiger partial charge on any atom is -0.487 e. The van der Waals surface area contributed by atoms with Crippen molar-refractivity contribution in [2.24, 2.45) is 5.73 Å². The molecule has 0 atom stereocenters. The molecule has 0 amide bonds. The van der Waals surface area contributed by atoms with Crippen LogP contribution < -0.4 is 10.5 Å². The first-order chi connectivity index (χ1) is 8.65. The number of benzene rings is 1. The predicted molar refractivity (Wildman–Crippen MR) is 70.8 cm³/mol.